The van der Waals surface area contributed by atoms with Gasteiger partial charge in [-0.15, -0.1) is 12.6 Å². The molecule has 38 heavy (non-hydrogen) atoms. The van der Waals surface area contributed by atoms with Gasteiger partial charge in [-0.05, 0) is 23.9 Å². The highest BCUT2D eigenvalue weighted by Gasteiger charge is 2.40. The van der Waals surface area contributed by atoms with E-state index in [4.69, 9.17) is 16.3 Å². The fourth-order valence-electron chi connectivity index (χ4n) is 4.95. The van der Waals surface area contributed by atoms with Crippen LogP contribution >= 0.6 is 24.2 Å². The Labute approximate surface area is 228 Å². The molecule has 1 aromatic heterocycles. The van der Waals surface area contributed by atoms with Crippen molar-refractivity contribution in [3.63, 3.8) is 0 Å². The Morgan fingerprint density at radius 2 is 1.76 bits per heavy atom. The van der Waals surface area contributed by atoms with E-state index in [2.05, 4.69) is 34.1 Å². The van der Waals surface area contributed by atoms with E-state index in [0.717, 1.165) is 27.7 Å². The first-order valence-corrected chi connectivity index (χ1v) is 13.0. The minimum Gasteiger partial charge on any atom is -0.453 e. The summed E-state index contributed by atoms with van der Waals surface area (Å²) >= 11 is 10.7. The van der Waals surface area contributed by atoms with E-state index in [9.17, 15) is 18.0 Å². The first-order chi connectivity index (χ1) is 18.2. The molecule has 2 aromatic carbocycles. The van der Waals surface area contributed by atoms with Crippen molar-refractivity contribution in [3.05, 3.63) is 64.8 Å². The predicted octanol–water partition coefficient (Wildman–Crippen LogP) is 4.88. The van der Waals surface area contributed by atoms with Crippen molar-refractivity contribution >= 4 is 52.4 Å². The summed E-state index contributed by atoms with van der Waals surface area (Å²) in [6, 6.07) is 12.1. The number of piperazine rings is 1. The summed E-state index contributed by atoms with van der Waals surface area (Å²) < 4.78 is 44.4. The number of thiol groups is 1. The van der Waals surface area contributed by atoms with Gasteiger partial charge in [-0.25, -0.2) is 0 Å². The van der Waals surface area contributed by atoms with Gasteiger partial charge in [0.15, 0.2) is 0 Å². The highest BCUT2D eigenvalue weighted by Crippen LogP contribution is 2.37. The minimum atomic E-state index is -4.75. The standard InChI is InChI=1S/C26H25ClF3N5O2S/c1-16(26(28,29)30)24(36)34-12-10-33(11-13-34)23-18-8-9-35(14-20(18)31-25(32-23)37-15-38)21-7-3-5-17-4-2-6-19(27)22(17)21/h2-7,38H,1,8-15H2. The average Bonchev–Trinajstić information content (AvgIpc) is 2.91. The number of ether oxygens (including phenoxy) is 1. The van der Waals surface area contributed by atoms with Crippen molar-refractivity contribution in [3.8, 4) is 6.01 Å². The van der Waals surface area contributed by atoms with Gasteiger partial charge in [0.25, 0.3) is 5.91 Å². The number of carbonyl (C=O) groups excluding carboxylic acids is 1. The number of anilines is 2. The van der Waals surface area contributed by atoms with Crippen LogP contribution in [0.3, 0.4) is 0 Å². The highest BCUT2D eigenvalue weighted by molar-refractivity contribution is 7.80. The second-order valence-corrected chi connectivity index (χ2v) is 9.74. The quantitative estimate of drug-likeness (QED) is 0.271. The number of benzene rings is 2. The summed E-state index contributed by atoms with van der Waals surface area (Å²) in [7, 11) is 0. The zero-order valence-corrected chi connectivity index (χ0v) is 22.0. The lowest BCUT2D eigenvalue weighted by atomic mass is 10.0. The number of hydrogen-bond donors (Lipinski definition) is 1. The number of alkyl halides is 3. The lowest BCUT2D eigenvalue weighted by molar-refractivity contribution is -0.139. The lowest BCUT2D eigenvalue weighted by Crippen LogP contribution is -2.50. The van der Waals surface area contributed by atoms with Crippen molar-refractivity contribution in [1.29, 1.82) is 0 Å². The molecular formula is C26H25ClF3N5O2S. The van der Waals surface area contributed by atoms with E-state index in [-0.39, 0.29) is 25.0 Å². The molecule has 0 saturated carbocycles. The SMILES string of the molecule is C=C(C(=O)N1CCN(c2nc(OCS)nc3c2CCN(c2cccc4cccc(Cl)c24)C3)CC1)C(F)(F)F. The number of halogens is 4. The number of hydrogen-bond acceptors (Lipinski definition) is 7. The van der Waals surface area contributed by atoms with Crippen LogP contribution in [0.25, 0.3) is 10.8 Å². The molecule has 3 aromatic rings. The zero-order valence-electron chi connectivity index (χ0n) is 20.3. The maximum Gasteiger partial charge on any atom is 0.421 e. The molecule has 0 atom stereocenters. The van der Waals surface area contributed by atoms with E-state index in [1.165, 1.54) is 4.90 Å². The van der Waals surface area contributed by atoms with Crippen molar-refractivity contribution in [2.45, 2.75) is 19.1 Å². The normalized spacial score (nSPS) is 16.0. The number of aromatic nitrogens is 2. The molecule has 2 aliphatic rings. The number of carbonyl (C=O) groups is 1. The molecule has 7 nitrogen and oxygen atoms in total. The second kappa shape index (κ2) is 10.5. The fourth-order valence-corrected chi connectivity index (χ4v) is 5.35. The van der Waals surface area contributed by atoms with Gasteiger partial charge in [-0.1, -0.05) is 42.4 Å². The first kappa shape index (κ1) is 26.4. The van der Waals surface area contributed by atoms with Crippen LogP contribution < -0.4 is 14.5 Å². The van der Waals surface area contributed by atoms with Crippen LogP contribution in [0.4, 0.5) is 24.7 Å². The Morgan fingerprint density at radius 3 is 2.45 bits per heavy atom. The van der Waals surface area contributed by atoms with Gasteiger partial charge in [-0.2, -0.15) is 23.1 Å². The molecule has 3 heterocycles. The lowest BCUT2D eigenvalue weighted by Gasteiger charge is -2.38. The summed E-state index contributed by atoms with van der Waals surface area (Å²) in [5, 5.41) is 2.69. The third-order valence-corrected chi connectivity index (χ3v) is 7.30. The summed E-state index contributed by atoms with van der Waals surface area (Å²) in [6.45, 7) is 5.03. The third-order valence-electron chi connectivity index (χ3n) is 6.86. The van der Waals surface area contributed by atoms with Gasteiger partial charge in [0.1, 0.15) is 17.3 Å². The van der Waals surface area contributed by atoms with E-state index in [1.54, 1.807) is 0 Å². The van der Waals surface area contributed by atoms with Crippen molar-refractivity contribution in [1.82, 2.24) is 14.9 Å². The predicted molar refractivity (Wildman–Crippen MR) is 144 cm³/mol. The first-order valence-electron chi connectivity index (χ1n) is 12.0. The van der Waals surface area contributed by atoms with Gasteiger partial charge in [0, 0.05) is 49.4 Å². The Hall–Kier alpha value is -3.18. The summed E-state index contributed by atoms with van der Waals surface area (Å²) in [4.78, 5) is 26.9. The Kier molecular flexibility index (Phi) is 7.32. The molecule has 0 aliphatic carbocycles. The molecule has 0 bridgehead atoms. The van der Waals surface area contributed by atoms with Gasteiger partial charge < -0.3 is 19.4 Å². The maximum atomic E-state index is 13.0. The third kappa shape index (κ3) is 5.09. The van der Waals surface area contributed by atoms with Crippen LogP contribution in [-0.2, 0) is 17.8 Å². The van der Waals surface area contributed by atoms with Crippen molar-refractivity contribution < 1.29 is 22.7 Å². The number of amides is 1. The zero-order chi connectivity index (χ0) is 27.0. The van der Waals surface area contributed by atoms with E-state index < -0.39 is 17.7 Å². The Morgan fingerprint density at radius 1 is 1.05 bits per heavy atom. The van der Waals surface area contributed by atoms with Crippen molar-refractivity contribution in [2.24, 2.45) is 0 Å². The number of fused-ring (bicyclic) bond motifs is 2. The van der Waals surface area contributed by atoms with E-state index in [1.807, 2.05) is 41.3 Å². The average molecular weight is 564 g/mol. The van der Waals surface area contributed by atoms with Gasteiger partial charge in [0.05, 0.1) is 17.3 Å². The summed E-state index contributed by atoms with van der Waals surface area (Å²) in [5.74, 6) is -0.336. The molecule has 0 N–H and O–H groups in total. The monoisotopic (exact) mass is 563 g/mol. The second-order valence-electron chi connectivity index (χ2n) is 9.07. The van der Waals surface area contributed by atoms with Crippen molar-refractivity contribution in [2.75, 3.05) is 48.5 Å². The van der Waals surface area contributed by atoms with Crippen LogP contribution in [0.5, 0.6) is 6.01 Å². The van der Waals surface area contributed by atoms with E-state index >= 15 is 0 Å². The van der Waals surface area contributed by atoms with Crippen LogP contribution in [0.2, 0.25) is 5.02 Å². The van der Waals surface area contributed by atoms with E-state index in [0.29, 0.717) is 43.4 Å². The van der Waals surface area contributed by atoms with Crippen LogP contribution in [0.1, 0.15) is 11.3 Å². The Balaban J connectivity index is 1.41. The number of rotatable bonds is 5. The van der Waals surface area contributed by atoms with Gasteiger partial charge in [-0.3, -0.25) is 4.79 Å². The molecule has 0 spiro atoms. The largest absolute Gasteiger partial charge is 0.453 e. The molecule has 0 radical (unpaired) electrons. The molecule has 12 heteroatoms. The van der Waals surface area contributed by atoms with Gasteiger partial charge in [0.2, 0.25) is 0 Å². The highest BCUT2D eigenvalue weighted by atomic mass is 35.5. The number of nitrogens with zero attached hydrogens (tertiary/aromatic N) is 5. The van der Waals surface area contributed by atoms with Crippen LogP contribution in [0, 0.1) is 0 Å². The molecule has 1 saturated heterocycles. The summed E-state index contributed by atoms with van der Waals surface area (Å²) in [5.41, 5.74) is 1.40. The van der Waals surface area contributed by atoms with Gasteiger partial charge >= 0.3 is 12.2 Å². The summed E-state index contributed by atoms with van der Waals surface area (Å²) in [6.07, 6.45) is -4.10. The maximum absolute atomic E-state index is 13.0. The molecular weight excluding hydrogens is 539 g/mol. The molecule has 2 aliphatic heterocycles. The van der Waals surface area contributed by atoms with Crippen LogP contribution in [-0.4, -0.2) is 65.6 Å². The molecule has 0 unspecified atom stereocenters. The Bertz CT molecular complexity index is 1390. The minimum absolute atomic E-state index is 0.0860. The fraction of sp³-hybridized carbons (Fsp3) is 0.346. The van der Waals surface area contributed by atoms with Crippen LogP contribution in [0.15, 0.2) is 48.6 Å². The topological polar surface area (TPSA) is 61.8 Å². The molecule has 1 fully saturated rings. The molecule has 200 valence electrons. The molecule has 5 rings (SSSR count). The smallest absolute Gasteiger partial charge is 0.421 e. The molecule has 1 amide bonds.